The van der Waals surface area contributed by atoms with Gasteiger partial charge < -0.3 is 9.97 Å². The van der Waals surface area contributed by atoms with Gasteiger partial charge in [0.2, 0.25) is 0 Å². The fourth-order valence-electron chi connectivity index (χ4n) is 2.87. The van der Waals surface area contributed by atoms with Crippen LogP contribution < -0.4 is 11.1 Å². The molecule has 0 atom stereocenters. The SMILES string of the molecule is O=C(c1ccc2[nH]c(=O)c(=O)[nH]c2c1)C1CCCCC1. The molecule has 20 heavy (non-hydrogen) atoms. The lowest BCUT2D eigenvalue weighted by Crippen LogP contribution is -2.29. The summed E-state index contributed by atoms with van der Waals surface area (Å²) in [5.41, 5.74) is 0.266. The van der Waals surface area contributed by atoms with Crippen molar-refractivity contribution in [3.63, 3.8) is 0 Å². The minimum Gasteiger partial charge on any atom is -0.316 e. The van der Waals surface area contributed by atoms with Gasteiger partial charge in [-0.25, -0.2) is 0 Å². The third-order valence-corrected chi connectivity index (χ3v) is 3.98. The number of fused-ring (bicyclic) bond motifs is 1. The van der Waals surface area contributed by atoms with Gasteiger partial charge in [-0.1, -0.05) is 19.3 Å². The van der Waals surface area contributed by atoms with Crippen molar-refractivity contribution in [3.05, 3.63) is 44.5 Å². The van der Waals surface area contributed by atoms with Crippen LogP contribution in [-0.4, -0.2) is 15.8 Å². The van der Waals surface area contributed by atoms with Crippen molar-refractivity contribution in [2.75, 3.05) is 0 Å². The zero-order valence-electron chi connectivity index (χ0n) is 11.1. The monoisotopic (exact) mass is 272 g/mol. The summed E-state index contributed by atoms with van der Waals surface area (Å²) in [6.07, 6.45) is 5.30. The molecule has 1 aromatic heterocycles. The quantitative estimate of drug-likeness (QED) is 0.647. The molecular weight excluding hydrogens is 256 g/mol. The zero-order valence-corrected chi connectivity index (χ0v) is 11.1. The highest BCUT2D eigenvalue weighted by Gasteiger charge is 2.22. The van der Waals surface area contributed by atoms with Crippen LogP contribution in [0.4, 0.5) is 0 Å². The maximum atomic E-state index is 12.4. The summed E-state index contributed by atoms with van der Waals surface area (Å²) >= 11 is 0. The van der Waals surface area contributed by atoms with Gasteiger partial charge in [0.25, 0.3) is 0 Å². The molecule has 2 aromatic rings. The summed E-state index contributed by atoms with van der Waals surface area (Å²) in [6, 6.07) is 5.04. The van der Waals surface area contributed by atoms with Crippen LogP contribution in [0.25, 0.3) is 11.0 Å². The smallest absolute Gasteiger partial charge is 0.314 e. The predicted molar refractivity (Wildman–Crippen MR) is 76.1 cm³/mol. The van der Waals surface area contributed by atoms with Crippen LogP contribution in [0.3, 0.4) is 0 Å². The molecule has 5 nitrogen and oxygen atoms in total. The standard InChI is InChI=1S/C15H16N2O3/c18-13(9-4-2-1-3-5-9)10-6-7-11-12(8-10)17-15(20)14(19)16-11/h6-9H,1-5H2,(H,16,19)(H,17,20). The number of H-pyrrole nitrogens is 2. The summed E-state index contributed by atoms with van der Waals surface area (Å²) in [7, 11) is 0. The van der Waals surface area contributed by atoms with Gasteiger partial charge in [-0.3, -0.25) is 14.4 Å². The number of hydrogen-bond donors (Lipinski definition) is 2. The van der Waals surface area contributed by atoms with E-state index in [1.54, 1.807) is 18.2 Å². The number of ketones is 1. The van der Waals surface area contributed by atoms with Crippen molar-refractivity contribution in [1.29, 1.82) is 0 Å². The topological polar surface area (TPSA) is 82.8 Å². The molecule has 5 heteroatoms. The van der Waals surface area contributed by atoms with Crippen LogP contribution in [0.5, 0.6) is 0 Å². The molecule has 104 valence electrons. The number of nitrogens with one attached hydrogen (secondary N) is 2. The number of benzene rings is 1. The van der Waals surface area contributed by atoms with E-state index in [9.17, 15) is 14.4 Å². The van der Waals surface area contributed by atoms with Crippen LogP contribution in [0.1, 0.15) is 42.5 Å². The molecule has 0 aliphatic heterocycles. The molecule has 2 N–H and O–H groups in total. The molecule has 0 unspecified atom stereocenters. The fourth-order valence-corrected chi connectivity index (χ4v) is 2.87. The van der Waals surface area contributed by atoms with Crippen molar-refractivity contribution >= 4 is 16.8 Å². The Balaban J connectivity index is 1.99. The predicted octanol–water partition coefficient (Wildman–Crippen LogP) is 1.98. The Bertz CT molecular complexity index is 767. The van der Waals surface area contributed by atoms with E-state index in [4.69, 9.17) is 0 Å². The normalized spacial score (nSPS) is 16.4. The van der Waals surface area contributed by atoms with E-state index in [1.807, 2.05) is 0 Å². The van der Waals surface area contributed by atoms with E-state index >= 15 is 0 Å². The van der Waals surface area contributed by atoms with Gasteiger partial charge in [0, 0.05) is 11.5 Å². The van der Waals surface area contributed by atoms with E-state index in [1.165, 1.54) is 6.42 Å². The molecule has 1 aromatic carbocycles. The van der Waals surface area contributed by atoms with Gasteiger partial charge >= 0.3 is 11.1 Å². The van der Waals surface area contributed by atoms with Crippen molar-refractivity contribution < 1.29 is 4.79 Å². The average Bonchev–Trinajstić information content (AvgIpc) is 2.48. The third-order valence-electron chi connectivity index (χ3n) is 3.98. The van der Waals surface area contributed by atoms with Crippen molar-refractivity contribution in [2.45, 2.75) is 32.1 Å². The highest BCUT2D eigenvalue weighted by molar-refractivity contribution is 6.00. The molecule has 0 amide bonds. The first kappa shape index (κ1) is 12.8. The molecule has 0 radical (unpaired) electrons. The molecule has 3 rings (SSSR count). The highest BCUT2D eigenvalue weighted by atomic mass is 16.2. The molecule has 1 aliphatic carbocycles. The Morgan fingerprint density at radius 1 is 0.950 bits per heavy atom. The first-order valence-corrected chi connectivity index (χ1v) is 6.96. The molecule has 1 saturated carbocycles. The molecule has 1 aliphatic rings. The van der Waals surface area contributed by atoms with Gasteiger partial charge in [-0.05, 0) is 31.0 Å². The van der Waals surface area contributed by atoms with Gasteiger partial charge in [0.1, 0.15) is 0 Å². The Morgan fingerprint density at radius 3 is 2.30 bits per heavy atom. The van der Waals surface area contributed by atoms with Gasteiger partial charge in [-0.15, -0.1) is 0 Å². The molecule has 0 bridgehead atoms. The largest absolute Gasteiger partial charge is 0.316 e. The Hall–Kier alpha value is -2.17. The molecule has 0 spiro atoms. The highest BCUT2D eigenvalue weighted by Crippen LogP contribution is 2.27. The lowest BCUT2D eigenvalue weighted by atomic mass is 9.84. The lowest BCUT2D eigenvalue weighted by molar-refractivity contribution is 0.0889. The van der Waals surface area contributed by atoms with Crippen molar-refractivity contribution in [1.82, 2.24) is 9.97 Å². The second kappa shape index (κ2) is 5.07. The van der Waals surface area contributed by atoms with Crippen LogP contribution in [0, 0.1) is 5.92 Å². The van der Waals surface area contributed by atoms with Crippen molar-refractivity contribution in [3.8, 4) is 0 Å². The molecule has 0 saturated heterocycles. The summed E-state index contributed by atoms with van der Waals surface area (Å²) in [5, 5.41) is 0. The summed E-state index contributed by atoms with van der Waals surface area (Å²) in [4.78, 5) is 40.0. The number of carbonyl (C=O) groups excluding carboxylic acids is 1. The van der Waals surface area contributed by atoms with Crippen LogP contribution in [0.2, 0.25) is 0 Å². The van der Waals surface area contributed by atoms with E-state index in [2.05, 4.69) is 9.97 Å². The number of hydrogen-bond acceptors (Lipinski definition) is 3. The first-order valence-electron chi connectivity index (χ1n) is 6.96. The number of rotatable bonds is 2. The third kappa shape index (κ3) is 2.31. The lowest BCUT2D eigenvalue weighted by Gasteiger charge is -2.20. The van der Waals surface area contributed by atoms with Crippen LogP contribution >= 0.6 is 0 Å². The van der Waals surface area contributed by atoms with E-state index in [0.717, 1.165) is 25.7 Å². The second-order valence-corrected chi connectivity index (χ2v) is 5.37. The fraction of sp³-hybridized carbons (Fsp3) is 0.400. The minimum atomic E-state index is -0.695. The Labute approximate surface area is 115 Å². The van der Waals surface area contributed by atoms with Crippen molar-refractivity contribution in [2.24, 2.45) is 5.92 Å². The van der Waals surface area contributed by atoms with E-state index in [0.29, 0.717) is 16.6 Å². The van der Waals surface area contributed by atoms with Crippen LogP contribution in [0.15, 0.2) is 27.8 Å². The van der Waals surface area contributed by atoms with E-state index in [-0.39, 0.29) is 11.7 Å². The zero-order chi connectivity index (χ0) is 14.1. The summed E-state index contributed by atoms with van der Waals surface area (Å²) < 4.78 is 0. The number of aromatic nitrogens is 2. The number of aromatic amines is 2. The van der Waals surface area contributed by atoms with E-state index < -0.39 is 11.1 Å². The average molecular weight is 272 g/mol. The van der Waals surface area contributed by atoms with Gasteiger partial charge in [0.05, 0.1) is 11.0 Å². The van der Waals surface area contributed by atoms with Gasteiger partial charge in [-0.2, -0.15) is 0 Å². The maximum absolute atomic E-state index is 12.4. The minimum absolute atomic E-state index is 0.0932. The Kier molecular flexibility index (Phi) is 3.26. The first-order chi connectivity index (χ1) is 9.65. The van der Waals surface area contributed by atoms with Crippen LogP contribution in [-0.2, 0) is 0 Å². The molecular formula is C15H16N2O3. The number of carbonyl (C=O) groups is 1. The summed E-state index contributed by atoms with van der Waals surface area (Å²) in [6.45, 7) is 0. The summed E-state index contributed by atoms with van der Waals surface area (Å²) in [5.74, 6) is 0.231. The number of Topliss-reactive ketones (excluding diaryl/α,β-unsaturated/α-hetero) is 1. The molecule has 1 heterocycles. The Morgan fingerprint density at radius 2 is 1.60 bits per heavy atom. The van der Waals surface area contributed by atoms with Gasteiger partial charge in [0.15, 0.2) is 5.78 Å². The second-order valence-electron chi connectivity index (χ2n) is 5.37. The maximum Gasteiger partial charge on any atom is 0.314 e. The molecule has 1 fully saturated rings.